The van der Waals surface area contributed by atoms with E-state index < -0.39 is 12.8 Å². The molecular formula is C19H26F3N5O2. The third kappa shape index (κ3) is 8.10. The van der Waals surface area contributed by atoms with Crippen molar-refractivity contribution in [2.75, 3.05) is 13.7 Å². The van der Waals surface area contributed by atoms with Gasteiger partial charge in [-0.2, -0.15) is 18.2 Å². The topological polar surface area (TPSA) is 84.6 Å². The zero-order valence-corrected chi connectivity index (χ0v) is 16.9. The van der Waals surface area contributed by atoms with Crippen molar-refractivity contribution in [2.45, 2.75) is 52.1 Å². The molecule has 0 amide bonds. The molecule has 0 aliphatic rings. The van der Waals surface area contributed by atoms with Crippen LogP contribution in [0.1, 0.15) is 43.6 Å². The summed E-state index contributed by atoms with van der Waals surface area (Å²) >= 11 is 0. The lowest BCUT2D eigenvalue weighted by molar-refractivity contribution is -0.176. The summed E-state index contributed by atoms with van der Waals surface area (Å²) in [7, 11) is 1.65. The highest BCUT2D eigenvalue weighted by Gasteiger charge is 2.27. The monoisotopic (exact) mass is 413 g/mol. The van der Waals surface area contributed by atoms with Crippen LogP contribution in [0.25, 0.3) is 0 Å². The molecule has 29 heavy (non-hydrogen) atoms. The molecule has 1 aromatic heterocycles. The highest BCUT2D eigenvalue weighted by atomic mass is 19.4. The van der Waals surface area contributed by atoms with Gasteiger partial charge in [0.05, 0.1) is 13.2 Å². The van der Waals surface area contributed by atoms with Gasteiger partial charge in [-0.1, -0.05) is 50.2 Å². The Hall–Kier alpha value is -2.62. The molecule has 160 valence electrons. The predicted molar refractivity (Wildman–Crippen MR) is 102 cm³/mol. The van der Waals surface area contributed by atoms with Gasteiger partial charge >= 0.3 is 6.18 Å². The molecule has 10 heteroatoms. The summed E-state index contributed by atoms with van der Waals surface area (Å²) in [5.41, 5.74) is 1.41. The molecule has 0 bridgehead atoms. The van der Waals surface area contributed by atoms with Gasteiger partial charge in [0.2, 0.25) is 5.89 Å². The predicted octanol–water partition coefficient (Wildman–Crippen LogP) is 3.31. The van der Waals surface area contributed by atoms with Crippen molar-refractivity contribution in [1.29, 1.82) is 0 Å². The fourth-order valence-corrected chi connectivity index (χ4v) is 2.24. The average Bonchev–Trinajstić information content (AvgIpc) is 3.11. The first kappa shape index (κ1) is 22.7. The van der Waals surface area contributed by atoms with E-state index in [0.29, 0.717) is 36.3 Å². The van der Waals surface area contributed by atoms with Crippen LogP contribution in [0.2, 0.25) is 0 Å². The first-order chi connectivity index (χ1) is 13.6. The van der Waals surface area contributed by atoms with Crippen molar-refractivity contribution in [3.8, 4) is 0 Å². The number of guanidine groups is 1. The number of halogens is 3. The van der Waals surface area contributed by atoms with Crippen LogP contribution >= 0.6 is 0 Å². The lowest BCUT2D eigenvalue weighted by Crippen LogP contribution is -2.36. The number of nitrogens with zero attached hydrogens (tertiary/aromatic N) is 3. The van der Waals surface area contributed by atoms with Crippen molar-refractivity contribution in [2.24, 2.45) is 4.99 Å². The minimum Gasteiger partial charge on any atom is -0.367 e. The molecular weight excluding hydrogens is 387 g/mol. The fraction of sp³-hybridized carbons (Fsp3) is 0.526. The molecule has 2 aromatic rings. The summed E-state index contributed by atoms with van der Waals surface area (Å²) in [6.07, 6.45) is -4.32. The Balaban J connectivity index is 1.78. The molecule has 0 fully saturated rings. The summed E-state index contributed by atoms with van der Waals surface area (Å²) < 4.78 is 46.2. The number of alkyl halides is 3. The maximum absolute atomic E-state index is 12.1. The molecule has 7 nitrogen and oxygen atoms in total. The van der Waals surface area contributed by atoms with Gasteiger partial charge in [0.15, 0.2) is 11.8 Å². The van der Waals surface area contributed by atoms with Crippen LogP contribution in [-0.2, 0) is 29.8 Å². The van der Waals surface area contributed by atoms with E-state index in [9.17, 15) is 13.2 Å². The number of aromatic nitrogens is 2. The van der Waals surface area contributed by atoms with Crippen LogP contribution in [0.4, 0.5) is 13.2 Å². The number of hydrogen-bond donors (Lipinski definition) is 2. The van der Waals surface area contributed by atoms with Gasteiger partial charge in [-0.15, -0.1) is 0 Å². The molecule has 1 aromatic carbocycles. The smallest absolute Gasteiger partial charge is 0.367 e. The van der Waals surface area contributed by atoms with E-state index in [2.05, 4.69) is 30.5 Å². The fourth-order valence-electron chi connectivity index (χ4n) is 2.24. The highest BCUT2D eigenvalue weighted by molar-refractivity contribution is 5.79. The van der Waals surface area contributed by atoms with Crippen LogP contribution < -0.4 is 10.6 Å². The largest absolute Gasteiger partial charge is 0.411 e. The number of nitrogens with one attached hydrogen (secondary N) is 2. The minimum absolute atomic E-state index is 0.0856. The number of hydrogen-bond acceptors (Lipinski definition) is 5. The van der Waals surface area contributed by atoms with Crippen molar-refractivity contribution >= 4 is 5.96 Å². The Morgan fingerprint density at radius 2 is 1.69 bits per heavy atom. The SMILES string of the molecule is CN=C(NCc1ccc(COCC(F)(F)F)cc1)NCc1noc(C(C)(C)C)n1. The molecule has 1 heterocycles. The van der Waals surface area contributed by atoms with Crippen LogP contribution in [0.3, 0.4) is 0 Å². The number of aliphatic imine (C=N–C) groups is 1. The Kier molecular flexibility index (Phi) is 7.60. The van der Waals surface area contributed by atoms with E-state index in [-0.39, 0.29) is 12.0 Å². The van der Waals surface area contributed by atoms with Crippen molar-refractivity contribution in [3.05, 3.63) is 47.1 Å². The lowest BCUT2D eigenvalue weighted by atomic mass is 9.97. The average molecular weight is 413 g/mol. The van der Waals surface area contributed by atoms with Crippen LogP contribution in [0, 0.1) is 0 Å². The van der Waals surface area contributed by atoms with E-state index >= 15 is 0 Å². The van der Waals surface area contributed by atoms with Gasteiger partial charge in [0, 0.05) is 19.0 Å². The van der Waals surface area contributed by atoms with Crippen LogP contribution in [-0.4, -0.2) is 35.9 Å². The maximum Gasteiger partial charge on any atom is 0.411 e. The molecule has 2 N–H and O–H groups in total. The second-order valence-electron chi connectivity index (χ2n) is 7.47. The lowest BCUT2D eigenvalue weighted by Gasteiger charge is -2.12. The van der Waals surface area contributed by atoms with Gasteiger partial charge in [0.25, 0.3) is 0 Å². The summed E-state index contributed by atoms with van der Waals surface area (Å²) in [5, 5.41) is 10.2. The van der Waals surface area contributed by atoms with Gasteiger partial charge in [0.1, 0.15) is 6.61 Å². The Bertz CT molecular complexity index is 795. The van der Waals surface area contributed by atoms with E-state index in [1.807, 2.05) is 32.9 Å². The van der Waals surface area contributed by atoms with Gasteiger partial charge in [-0.05, 0) is 11.1 Å². The van der Waals surface area contributed by atoms with E-state index in [1.54, 1.807) is 19.2 Å². The van der Waals surface area contributed by atoms with E-state index in [1.165, 1.54) is 0 Å². The maximum atomic E-state index is 12.1. The number of ether oxygens (including phenoxy) is 1. The molecule has 0 radical (unpaired) electrons. The van der Waals surface area contributed by atoms with Crippen molar-refractivity contribution in [3.63, 3.8) is 0 Å². The quantitative estimate of drug-likeness (QED) is 0.535. The van der Waals surface area contributed by atoms with Gasteiger partial charge in [-0.25, -0.2) is 0 Å². The molecule has 0 spiro atoms. The van der Waals surface area contributed by atoms with Gasteiger partial charge in [-0.3, -0.25) is 4.99 Å². The minimum atomic E-state index is -4.32. The molecule has 0 atom stereocenters. The molecule has 0 saturated carbocycles. The number of benzene rings is 1. The Morgan fingerprint density at radius 3 is 2.24 bits per heavy atom. The van der Waals surface area contributed by atoms with Crippen molar-refractivity contribution < 1.29 is 22.4 Å². The van der Waals surface area contributed by atoms with E-state index in [4.69, 9.17) is 4.52 Å². The zero-order valence-electron chi connectivity index (χ0n) is 16.9. The van der Waals surface area contributed by atoms with Crippen molar-refractivity contribution in [1.82, 2.24) is 20.8 Å². The summed E-state index contributed by atoms with van der Waals surface area (Å²) in [4.78, 5) is 8.49. The normalized spacial score (nSPS) is 12.9. The summed E-state index contributed by atoms with van der Waals surface area (Å²) in [6.45, 7) is 5.48. The van der Waals surface area contributed by atoms with Crippen LogP contribution in [0.15, 0.2) is 33.8 Å². The Labute approximate surface area is 167 Å². The first-order valence-corrected chi connectivity index (χ1v) is 9.07. The summed E-state index contributed by atoms with van der Waals surface area (Å²) in [5.74, 6) is 1.65. The second kappa shape index (κ2) is 9.73. The standard InChI is InChI=1S/C19H26F3N5O2/c1-18(2,3)16-26-15(27-29-16)10-25-17(23-4)24-9-13-5-7-14(8-6-13)11-28-12-19(20,21)22/h5-8H,9-12H2,1-4H3,(H2,23,24,25). The molecule has 0 saturated heterocycles. The van der Waals surface area contributed by atoms with E-state index in [0.717, 1.165) is 5.56 Å². The van der Waals surface area contributed by atoms with Gasteiger partial charge < -0.3 is 19.9 Å². The third-order valence-corrected chi connectivity index (χ3v) is 3.76. The highest BCUT2D eigenvalue weighted by Crippen LogP contribution is 2.19. The molecule has 0 aliphatic carbocycles. The molecule has 2 rings (SSSR count). The first-order valence-electron chi connectivity index (χ1n) is 9.07. The third-order valence-electron chi connectivity index (χ3n) is 3.76. The Morgan fingerprint density at radius 1 is 1.07 bits per heavy atom. The number of rotatable bonds is 7. The van der Waals surface area contributed by atoms with Crippen LogP contribution in [0.5, 0.6) is 0 Å². The summed E-state index contributed by atoms with van der Waals surface area (Å²) in [6, 6.07) is 7.11. The molecule has 0 aliphatic heterocycles. The molecule has 0 unspecified atom stereocenters. The second-order valence-corrected chi connectivity index (χ2v) is 7.47. The zero-order chi connectivity index (χ0) is 21.5.